The molecule has 3 aliphatic carbocycles. The third-order valence-electron chi connectivity index (χ3n) is 5.14. The highest BCUT2D eigenvalue weighted by Gasteiger charge is 2.81. The lowest BCUT2D eigenvalue weighted by molar-refractivity contribution is -0.151. The summed E-state index contributed by atoms with van der Waals surface area (Å²) < 4.78 is 5.36. The molecule has 5 heteroatoms. The summed E-state index contributed by atoms with van der Waals surface area (Å²) >= 11 is 3.56. The molecule has 1 spiro atoms. The third kappa shape index (κ3) is 0.753. The van der Waals surface area contributed by atoms with Gasteiger partial charge in [-0.2, -0.15) is 0 Å². The fourth-order valence-electron chi connectivity index (χ4n) is 4.60. The van der Waals surface area contributed by atoms with Crippen molar-refractivity contribution in [2.75, 3.05) is 0 Å². The van der Waals surface area contributed by atoms with Gasteiger partial charge in [0.1, 0.15) is 6.10 Å². The SMILES string of the molecule is O=C1O[C@H]2[C@@H](Br)[C@H]3[C@@H](C(=O)O)[C@H]1[C@@H]2C31CC1. The Labute approximate surface area is 100 Å². The molecular weight excluding hydrogens is 276 g/mol. The average molecular weight is 287 g/mol. The van der Waals surface area contributed by atoms with E-state index in [1.165, 1.54) is 0 Å². The summed E-state index contributed by atoms with van der Waals surface area (Å²) in [5.74, 6) is -1.75. The molecule has 0 radical (unpaired) electrons. The minimum Gasteiger partial charge on any atom is -0.481 e. The van der Waals surface area contributed by atoms with Crippen molar-refractivity contribution < 1.29 is 19.4 Å². The number of halogens is 1. The molecule has 4 nitrogen and oxygen atoms in total. The molecule has 16 heavy (non-hydrogen) atoms. The predicted octanol–water partition coefficient (Wildman–Crippen LogP) is 1.03. The molecular formula is C11H11BrO4. The molecule has 4 fully saturated rings. The monoisotopic (exact) mass is 286 g/mol. The number of aliphatic carboxylic acids is 1. The summed E-state index contributed by atoms with van der Waals surface area (Å²) in [6.07, 6.45) is 2.07. The third-order valence-corrected chi connectivity index (χ3v) is 6.23. The van der Waals surface area contributed by atoms with E-state index in [0.717, 1.165) is 12.8 Å². The van der Waals surface area contributed by atoms with Crippen molar-refractivity contribution in [1.29, 1.82) is 0 Å². The van der Waals surface area contributed by atoms with Gasteiger partial charge in [0, 0.05) is 5.92 Å². The van der Waals surface area contributed by atoms with Crippen molar-refractivity contribution >= 4 is 27.9 Å². The fraction of sp³-hybridized carbons (Fsp3) is 0.818. The van der Waals surface area contributed by atoms with E-state index in [4.69, 9.17) is 4.74 Å². The van der Waals surface area contributed by atoms with Crippen molar-refractivity contribution in [3.05, 3.63) is 0 Å². The van der Waals surface area contributed by atoms with Gasteiger partial charge >= 0.3 is 11.9 Å². The van der Waals surface area contributed by atoms with Crippen molar-refractivity contribution in [3.63, 3.8) is 0 Å². The van der Waals surface area contributed by atoms with Crippen LogP contribution in [-0.4, -0.2) is 28.0 Å². The largest absolute Gasteiger partial charge is 0.481 e. The molecule has 0 aromatic rings. The number of carbonyl (C=O) groups excluding carboxylic acids is 1. The molecule has 0 unspecified atom stereocenters. The van der Waals surface area contributed by atoms with Crippen LogP contribution in [-0.2, 0) is 14.3 Å². The fourth-order valence-corrected chi connectivity index (χ4v) is 5.89. The number of alkyl halides is 1. The van der Waals surface area contributed by atoms with Crippen LogP contribution in [0.15, 0.2) is 0 Å². The summed E-state index contributed by atoms with van der Waals surface area (Å²) in [6, 6.07) is 0. The van der Waals surface area contributed by atoms with Crippen LogP contribution in [0, 0.1) is 29.1 Å². The van der Waals surface area contributed by atoms with E-state index in [1.54, 1.807) is 0 Å². The van der Waals surface area contributed by atoms with Crippen LogP contribution < -0.4 is 0 Å². The van der Waals surface area contributed by atoms with Gasteiger partial charge in [0.05, 0.1) is 16.7 Å². The van der Waals surface area contributed by atoms with Gasteiger partial charge in [-0.15, -0.1) is 0 Å². The Bertz CT molecular complexity index is 416. The van der Waals surface area contributed by atoms with Crippen LogP contribution >= 0.6 is 15.9 Å². The number of carboxylic acids is 1. The summed E-state index contributed by atoms with van der Waals surface area (Å²) in [6.45, 7) is 0. The Morgan fingerprint density at radius 3 is 2.69 bits per heavy atom. The first-order valence-corrected chi connectivity index (χ1v) is 6.57. The number of carboxylic acid groups (broad SMARTS) is 1. The van der Waals surface area contributed by atoms with Crippen LogP contribution in [0.3, 0.4) is 0 Å². The summed E-state index contributed by atoms with van der Waals surface area (Å²) in [5.41, 5.74) is 0.110. The first-order valence-electron chi connectivity index (χ1n) is 5.65. The molecule has 1 heterocycles. The van der Waals surface area contributed by atoms with E-state index in [9.17, 15) is 14.7 Å². The number of ether oxygens (including phenoxy) is 1. The Morgan fingerprint density at radius 2 is 2.12 bits per heavy atom. The summed E-state index contributed by atoms with van der Waals surface area (Å²) in [4.78, 5) is 23.2. The number of esters is 1. The number of carbonyl (C=O) groups is 2. The minimum absolute atomic E-state index is 0.0452. The molecule has 0 aromatic carbocycles. The quantitative estimate of drug-likeness (QED) is 0.578. The van der Waals surface area contributed by atoms with Gasteiger partial charge < -0.3 is 9.84 Å². The minimum atomic E-state index is -0.828. The van der Waals surface area contributed by atoms with E-state index in [2.05, 4.69) is 15.9 Å². The Morgan fingerprint density at radius 1 is 1.44 bits per heavy atom. The highest BCUT2D eigenvalue weighted by Crippen LogP contribution is 2.77. The Balaban J connectivity index is 1.89. The molecule has 1 saturated heterocycles. The van der Waals surface area contributed by atoms with E-state index >= 15 is 0 Å². The summed E-state index contributed by atoms with van der Waals surface area (Å²) in [7, 11) is 0. The van der Waals surface area contributed by atoms with Gasteiger partial charge in [-0.05, 0) is 24.2 Å². The van der Waals surface area contributed by atoms with Crippen LogP contribution in [0.1, 0.15) is 12.8 Å². The Kier molecular flexibility index (Phi) is 1.46. The highest BCUT2D eigenvalue weighted by molar-refractivity contribution is 9.09. The second kappa shape index (κ2) is 2.47. The smallest absolute Gasteiger partial charge is 0.310 e. The zero-order valence-electron chi connectivity index (χ0n) is 8.43. The van der Waals surface area contributed by atoms with E-state index in [1.807, 2.05) is 0 Å². The lowest BCUT2D eigenvalue weighted by atomic mass is 9.80. The van der Waals surface area contributed by atoms with Crippen LogP contribution in [0.25, 0.3) is 0 Å². The van der Waals surface area contributed by atoms with Gasteiger partial charge in [0.2, 0.25) is 0 Å². The van der Waals surface area contributed by atoms with E-state index in [0.29, 0.717) is 0 Å². The van der Waals surface area contributed by atoms with Gasteiger partial charge in [0.25, 0.3) is 0 Å². The molecule has 2 bridgehead atoms. The van der Waals surface area contributed by atoms with E-state index < -0.39 is 11.9 Å². The molecule has 4 rings (SSSR count). The predicted molar refractivity (Wildman–Crippen MR) is 55.9 cm³/mol. The topological polar surface area (TPSA) is 63.6 Å². The molecule has 6 atom stereocenters. The number of hydrogen-bond donors (Lipinski definition) is 1. The zero-order chi connectivity index (χ0) is 11.2. The van der Waals surface area contributed by atoms with Gasteiger partial charge in [0.15, 0.2) is 0 Å². The lowest BCUT2D eigenvalue weighted by Gasteiger charge is -2.25. The molecule has 86 valence electrons. The number of rotatable bonds is 1. The number of hydrogen-bond acceptors (Lipinski definition) is 3. The van der Waals surface area contributed by atoms with Crippen LogP contribution in [0.2, 0.25) is 0 Å². The maximum atomic E-state index is 11.8. The zero-order valence-corrected chi connectivity index (χ0v) is 10.0. The molecule has 0 amide bonds. The molecule has 0 aromatic heterocycles. The van der Waals surface area contributed by atoms with E-state index in [-0.39, 0.29) is 40.1 Å². The first-order chi connectivity index (χ1) is 7.58. The maximum absolute atomic E-state index is 11.8. The molecule has 1 N–H and O–H groups in total. The van der Waals surface area contributed by atoms with Crippen molar-refractivity contribution in [1.82, 2.24) is 0 Å². The van der Waals surface area contributed by atoms with Crippen LogP contribution in [0.4, 0.5) is 0 Å². The van der Waals surface area contributed by atoms with Gasteiger partial charge in [-0.25, -0.2) is 0 Å². The molecule has 1 aliphatic heterocycles. The average Bonchev–Trinajstić information content (AvgIpc) is 2.80. The molecule has 3 saturated carbocycles. The Hall–Kier alpha value is -0.580. The van der Waals surface area contributed by atoms with Crippen molar-refractivity contribution in [3.8, 4) is 0 Å². The van der Waals surface area contributed by atoms with Gasteiger partial charge in [-0.1, -0.05) is 15.9 Å². The summed E-state index contributed by atoms with van der Waals surface area (Å²) in [5, 5.41) is 9.32. The van der Waals surface area contributed by atoms with Crippen molar-refractivity contribution in [2.24, 2.45) is 29.1 Å². The first kappa shape index (κ1) is 9.45. The maximum Gasteiger partial charge on any atom is 0.310 e. The molecule has 4 aliphatic rings. The second-order valence-corrected chi connectivity index (χ2v) is 6.58. The van der Waals surface area contributed by atoms with Crippen molar-refractivity contribution in [2.45, 2.75) is 23.8 Å². The normalized spacial score (nSPS) is 54.4. The standard InChI is InChI=1S/C11H11BrO4/c12-7-5-3(9(13)14)4-6(11(5)1-2-11)8(7)16-10(4)15/h3-8H,1-2H2,(H,13,14)/t3-,4-,5+,6-,7-,8+/m0/s1. The highest BCUT2D eigenvalue weighted by atomic mass is 79.9. The van der Waals surface area contributed by atoms with Gasteiger partial charge in [-0.3, -0.25) is 9.59 Å². The second-order valence-electron chi connectivity index (χ2n) is 5.52. The van der Waals surface area contributed by atoms with Crippen LogP contribution in [0.5, 0.6) is 0 Å². The lowest BCUT2D eigenvalue weighted by Crippen LogP contribution is -2.37.